The van der Waals surface area contributed by atoms with Crippen LogP contribution in [0.15, 0.2) is 18.7 Å². The van der Waals surface area contributed by atoms with Gasteiger partial charge in [-0.2, -0.15) is 0 Å². The zero-order valence-corrected chi connectivity index (χ0v) is 8.47. The SMILES string of the molecule is NC1CCN(C(=O)c2cncnc2)CC1. The summed E-state index contributed by atoms with van der Waals surface area (Å²) in [7, 11) is 0. The van der Waals surface area contributed by atoms with Gasteiger partial charge in [-0.3, -0.25) is 4.79 Å². The molecule has 0 bridgehead atoms. The summed E-state index contributed by atoms with van der Waals surface area (Å²) >= 11 is 0. The van der Waals surface area contributed by atoms with Crippen LogP contribution in [-0.4, -0.2) is 39.9 Å². The van der Waals surface area contributed by atoms with E-state index in [9.17, 15) is 4.79 Å². The van der Waals surface area contributed by atoms with Crippen molar-refractivity contribution < 1.29 is 4.79 Å². The Hall–Kier alpha value is -1.49. The van der Waals surface area contributed by atoms with Gasteiger partial charge < -0.3 is 10.6 Å². The van der Waals surface area contributed by atoms with E-state index in [2.05, 4.69) is 9.97 Å². The monoisotopic (exact) mass is 206 g/mol. The first kappa shape index (κ1) is 10.0. The highest BCUT2D eigenvalue weighted by molar-refractivity contribution is 5.93. The Balaban J connectivity index is 2.03. The van der Waals surface area contributed by atoms with Gasteiger partial charge in [-0.25, -0.2) is 9.97 Å². The van der Waals surface area contributed by atoms with Gasteiger partial charge in [0.25, 0.3) is 5.91 Å². The molecule has 0 radical (unpaired) electrons. The highest BCUT2D eigenvalue weighted by Crippen LogP contribution is 2.11. The molecule has 1 fully saturated rings. The van der Waals surface area contributed by atoms with Crippen LogP contribution in [0, 0.1) is 0 Å². The van der Waals surface area contributed by atoms with Crippen molar-refractivity contribution >= 4 is 5.91 Å². The van der Waals surface area contributed by atoms with Crippen molar-refractivity contribution in [3.05, 3.63) is 24.3 Å². The molecule has 0 unspecified atom stereocenters. The van der Waals surface area contributed by atoms with Crippen LogP contribution in [-0.2, 0) is 0 Å². The molecule has 2 rings (SSSR count). The second-order valence-electron chi connectivity index (χ2n) is 3.76. The number of hydrogen-bond acceptors (Lipinski definition) is 4. The van der Waals surface area contributed by atoms with E-state index in [4.69, 9.17) is 5.73 Å². The number of aromatic nitrogens is 2. The number of carbonyl (C=O) groups is 1. The minimum Gasteiger partial charge on any atom is -0.338 e. The Labute approximate surface area is 88.3 Å². The number of amides is 1. The highest BCUT2D eigenvalue weighted by Gasteiger charge is 2.21. The Kier molecular flexibility index (Phi) is 2.91. The van der Waals surface area contributed by atoms with Crippen LogP contribution in [0.25, 0.3) is 0 Å². The van der Waals surface area contributed by atoms with Gasteiger partial charge in [-0.1, -0.05) is 0 Å². The van der Waals surface area contributed by atoms with Crippen molar-refractivity contribution in [2.45, 2.75) is 18.9 Å². The summed E-state index contributed by atoms with van der Waals surface area (Å²) in [5.74, 6) is 0.00231. The van der Waals surface area contributed by atoms with Crippen LogP contribution in [0.3, 0.4) is 0 Å². The lowest BCUT2D eigenvalue weighted by Gasteiger charge is -2.29. The fourth-order valence-electron chi connectivity index (χ4n) is 1.69. The van der Waals surface area contributed by atoms with E-state index in [0.717, 1.165) is 25.9 Å². The largest absolute Gasteiger partial charge is 0.338 e. The maximum absolute atomic E-state index is 11.9. The molecule has 2 N–H and O–H groups in total. The summed E-state index contributed by atoms with van der Waals surface area (Å²) in [5, 5.41) is 0. The topological polar surface area (TPSA) is 72.1 Å². The van der Waals surface area contributed by atoms with E-state index in [1.807, 2.05) is 4.90 Å². The minimum absolute atomic E-state index is 0.00231. The predicted octanol–water partition coefficient (Wildman–Crippen LogP) is 0.0399. The number of rotatable bonds is 1. The predicted molar refractivity (Wildman–Crippen MR) is 55.1 cm³/mol. The normalized spacial score (nSPS) is 17.8. The zero-order chi connectivity index (χ0) is 10.7. The van der Waals surface area contributed by atoms with E-state index >= 15 is 0 Å². The molecule has 0 aromatic carbocycles. The number of carbonyl (C=O) groups excluding carboxylic acids is 1. The summed E-state index contributed by atoms with van der Waals surface area (Å²) in [6.07, 6.45) is 6.26. The third-order valence-electron chi connectivity index (χ3n) is 2.63. The summed E-state index contributed by atoms with van der Waals surface area (Å²) in [5.41, 5.74) is 6.32. The fraction of sp³-hybridized carbons (Fsp3) is 0.500. The van der Waals surface area contributed by atoms with E-state index in [1.54, 1.807) is 12.4 Å². The third kappa shape index (κ3) is 2.30. The lowest BCUT2D eigenvalue weighted by Crippen LogP contribution is -2.42. The number of hydrogen-bond donors (Lipinski definition) is 1. The Morgan fingerprint density at radius 2 is 1.93 bits per heavy atom. The first-order valence-corrected chi connectivity index (χ1v) is 5.07. The second-order valence-corrected chi connectivity index (χ2v) is 3.76. The van der Waals surface area contributed by atoms with Crippen LogP contribution < -0.4 is 5.73 Å². The van der Waals surface area contributed by atoms with E-state index in [0.29, 0.717) is 5.56 Å². The first-order valence-electron chi connectivity index (χ1n) is 5.07. The molecular weight excluding hydrogens is 192 g/mol. The van der Waals surface area contributed by atoms with Crippen molar-refractivity contribution in [3.8, 4) is 0 Å². The van der Waals surface area contributed by atoms with Gasteiger partial charge in [0.15, 0.2) is 0 Å². The van der Waals surface area contributed by atoms with Gasteiger partial charge in [-0.15, -0.1) is 0 Å². The van der Waals surface area contributed by atoms with E-state index in [1.165, 1.54) is 6.33 Å². The van der Waals surface area contributed by atoms with E-state index in [-0.39, 0.29) is 11.9 Å². The minimum atomic E-state index is 0.00231. The number of nitrogens with two attached hydrogens (primary N) is 1. The standard InChI is InChI=1S/C10H14N4O/c11-9-1-3-14(4-2-9)10(15)8-5-12-7-13-6-8/h5-7,9H,1-4,11H2. The first-order chi connectivity index (χ1) is 7.27. The van der Waals surface area contributed by atoms with Crippen molar-refractivity contribution in [3.63, 3.8) is 0 Å². The van der Waals surface area contributed by atoms with Gasteiger partial charge in [0.2, 0.25) is 0 Å². The van der Waals surface area contributed by atoms with Crippen LogP contribution in [0.1, 0.15) is 23.2 Å². The molecule has 0 aliphatic carbocycles. The number of piperidine rings is 1. The fourth-order valence-corrected chi connectivity index (χ4v) is 1.69. The van der Waals surface area contributed by atoms with Crippen LogP contribution in [0.5, 0.6) is 0 Å². The van der Waals surface area contributed by atoms with Crippen molar-refractivity contribution in [2.24, 2.45) is 5.73 Å². The smallest absolute Gasteiger partial charge is 0.256 e. The molecule has 1 aromatic rings. The highest BCUT2D eigenvalue weighted by atomic mass is 16.2. The quantitative estimate of drug-likeness (QED) is 0.704. The summed E-state index contributed by atoms with van der Waals surface area (Å²) in [6, 6.07) is 0.237. The molecule has 80 valence electrons. The molecule has 1 aliphatic rings. The molecule has 0 saturated carbocycles. The van der Waals surface area contributed by atoms with Gasteiger partial charge in [0, 0.05) is 31.5 Å². The van der Waals surface area contributed by atoms with Crippen molar-refractivity contribution in [2.75, 3.05) is 13.1 Å². The number of nitrogens with zero attached hydrogens (tertiary/aromatic N) is 3. The summed E-state index contributed by atoms with van der Waals surface area (Å²) < 4.78 is 0. The van der Waals surface area contributed by atoms with Crippen molar-refractivity contribution in [1.29, 1.82) is 0 Å². The van der Waals surface area contributed by atoms with Gasteiger partial charge in [-0.05, 0) is 12.8 Å². The number of likely N-dealkylation sites (tertiary alicyclic amines) is 1. The lowest BCUT2D eigenvalue weighted by atomic mass is 10.1. The Morgan fingerprint density at radius 1 is 1.33 bits per heavy atom. The van der Waals surface area contributed by atoms with E-state index < -0.39 is 0 Å². The summed E-state index contributed by atoms with van der Waals surface area (Å²) in [6.45, 7) is 1.46. The molecule has 0 spiro atoms. The van der Waals surface area contributed by atoms with Gasteiger partial charge in [0.05, 0.1) is 5.56 Å². The molecule has 1 saturated heterocycles. The van der Waals surface area contributed by atoms with Crippen molar-refractivity contribution in [1.82, 2.24) is 14.9 Å². The average Bonchev–Trinajstić information content (AvgIpc) is 2.30. The molecule has 5 nitrogen and oxygen atoms in total. The average molecular weight is 206 g/mol. The van der Waals surface area contributed by atoms with Crippen LogP contribution >= 0.6 is 0 Å². The maximum Gasteiger partial charge on any atom is 0.256 e. The van der Waals surface area contributed by atoms with Crippen LogP contribution in [0.4, 0.5) is 0 Å². The van der Waals surface area contributed by atoms with Gasteiger partial charge in [0.1, 0.15) is 6.33 Å². The Bertz CT molecular complexity index is 333. The molecule has 15 heavy (non-hydrogen) atoms. The molecular formula is C10H14N4O. The second kappa shape index (κ2) is 4.35. The summed E-state index contributed by atoms with van der Waals surface area (Å²) in [4.78, 5) is 21.4. The molecule has 0 atom stereocenters. The van der Waals surface area contributed by atoms with Gasteiger partial charge >= 0.3 is 0 Å². The molecule has 5 heteroatoms. The molecule has 1 aliphatic heterocycles. The molecule has 2 heterocycles. The Morgan fingerprint density at radius 3 is 2.53 bits per heavy atom. The third-order valence-corrected chi connectivity index (χ3v) is 2.63. The molecule has 1 amide bonds. The molecule has 1 aromatic heterocycles. The maximum atomic E-state index is 11.9. The zero-order valence-electron chi connectivity index (χ0n) is 8.47. The van der Waals surface area contributed by atoms with Crippen LogP contribution in [0.2, 0.25) is 0 Å². The lowest BCUT2D eigenvalue weighted by molar-refractivity contribution is 0.0714.